The molecule has 0 spiro atoms. The molecule has 0 aromatic rings. The molecule has 2 heteroatoms. The van der Waals surface area contributed by atoms with Crippen LogP contribution in [-0.2, 0) is 0 Å². The largest absolute Gasteiger partial charge is 0.381 e. The van der Waals surface area contributed by atoms with Crippen molar-refractivity contribution in [3.63, 3.8) is 0 Å². The Morgan fingerprint density at radius 3 is 2.50 bits per heavy atom. The normalized spacial score (nSPS) is 22.1. The quantitative estimate of drug-likeness (QED) is 0.513. The number of aliphatic hydroxyl groups is 1. The zero-order valence-electron chi connectivity index (χ0n) is 5.06. The molecule has 48 valence electrons. The maximum atomic E-state index is 8.42. The molecular weight excluding hydrogens is 102 g/mol. The van der Waals surface area contributed by atoms with Crippen molar-refractivity contribution < 1.29 is 5.11 Å². The first-order valence-corrected chi connectivity index (χ1v) is 3.27. The lowest BCUT2D eigenvalue weighted by molar-refractivity contribution is 0.241. The Balaban J connectivity index is 2.06. The molecule has 1 aliphatic rings. The molecule has 0 aliphatic heterocycles. The first kappa shape index (κ1) is 6.05. The van der Waals surface area contributed by atoms with E-state index in [1.54, 1.807) is 0 Å². The highest BCUT2D eigenvalue weighted by Gasteiger charge is 2.12. The molecule has 0 bridgehead atoms. The molecule has 0 atom stereocenters. The Labute approximate surface area is 49.9 Å². The van der Waals surface area contributed by atoms with Gasteiger partial charge < -0.3 is 5.11 Å². The van der Waals surface area contributed by atoms with Crippen LogP contribution in [0.2, 0.25) is 0 Å². The molecule has 0 radical (unpaired) electrons. The number of hydrogen-bond donors (Lipinski definition) is 2. The fraction of sp³-hybridized carbons (Fsp3) is 1.00. The van der Waals surface area contributed by atoms with E-state index < -0.39 is 0 Å². The minimum absolute atomic E-state index is 0.144. The fourth-order valence-corrected chi connectivity index (χ4v) is 1.26. The molecule has 8 heavy (non-hydrogen) atoms. The predicted molar refractivity (Wildman–Crippen MR) is 32.5 cm³/mol. The summed E-state index contributed by atoms with van der Waals surface area (Å²) in [5, 5.41) is 11.4. The van der Waals surface area contributed by atoms with Crippen molar-refractivity contribution in [1.82, 2.24) is 5.32 Å². The Morgan fingerprint density at radius 2 is 2.00 bits per heavy atom. The monoisotopic (exact) mass is 115 g/mol. The maximum absolute atomic E-state index is 8.42. The van der Waals surface area contributed by atoms with E-state index in [1.165, 1.54) is 25.7 Å². The molecule has 2 N–H and O–H groups in total. The van der Waals surface area contributed by atoms with Gasteiger partial charge in [0.15, 0.2) is 0 Å². The van der Waals surface area contributed by atoms with Gasteiger partial charge in [0, 0.05) is 6.04 Å². The average molecular weight is 115 g/mol. The van der Waals surface area contributed by atoms with Crippen molar-refractivity contribution in [2.45, 2.75) is 31.7 Å². The van der Waals surface area contributed by atoms with Crippen molar-refractivity contribution in [2.24, 2.45) is 0 Å². The molecule has 0 aromatic heterocycles. The molecule has 0 unspecified atom stereocenters. The number of rotatable bonds is 2. The summed E-state index contributed by atoms with van der Waals surface area (Å²) < 4.78 is 0. The molecule has 1 aliphatic carbocycles. The lowest BCUT2D eigenvalue weighted by Crippen LogP contribution is -2.26. The molecular formula is C6H13NO. The summed E-state index contributed by atoms with van der Waals surface area (Å²) in [7, 11) is 0. The summed E-state index contributed by atoms with van der Waals surface area (Å²) >= 11 is 0. The van der Waals surface area contributed by atoms with Gasteiger partial charge >= 0.3 is 0 Å². The van der Waals surface area contributed by atoms with Crippen LogP contribution < -0.4 is 5.32 Å². The van der Waals surface area contributed by atoms with Gasteiger partial charge in [0.05, 0.1) is 6.73 Å². The van der Waals surface area contributed by atoms with Crippen molar-refractivity contribution in [3.05, 3.63) is 0 Å². The Hall–Kier alpha value is -0.0800. The SMILES string of the molecule is OCNC1CCCC1. The molecule has 0 saturated heterocycles. The second kappa shape index (κ2) is 3.05. The van der Waals surface area contributed by atoms with Crippen molar-refractivity contribution in [1.29, 1.82) is 0 Å². The Kier molecular flexibility index (Phi) is 2.30. The van der Waals surface area contributed by atoms with E-state index in [0.29, 0.717) is 6.04 Å². The molecule has 1 rings (SSSR count). The third-order valence-corrected chi connectivity index (χ3v) is 1.74. The van der Waals surface area contributed by atoms with Gasteiger partial charge in [-0.15, -0.1) is 0 Å². The third-order valence-electron chi connectivity index (χ3n) is 1.74. The summed E-state index contributed by atoms with van der Waals surface area (Å²) in [6.07, 6.45) is 5.16. The number of aliphatic hydroxyl groups excluding tert-OH is 1. The molecule has 1 fully saturated rings. The van der Waals surface area contributed by atoms with Gasteiger partial charge in [-0.2, -0.15) is 0 Å². The van der Waals surface area contributed by atoms with E-state index in [2.05, 4.69) is 5.32 Å². The highest BCUT2D eigenvalue weighted by molar-refractivity contribution is 4.71. The van der Waals surface area contributed by atoms with Crippen LogP contribution in [0.15, 0.2) is 0 Å². The first-order chi connectivity index (χ1) is 3.93. The first-order valence-electron chi connectivity index (χ1n) is 3.27. The van der Waals surface area contributed by atoms with E-state index in [1.807, 2.05) is 0 Å². The lowest BCUT2D eigenvalue weighted by atomic mass is 10.3. The molecule has 0 amide bonds. The van der Waals surface area contributed by atoms with E-state index in [-0.39, 0.29) is 6.73 Å². The van der Waals surface area contributed by atoms with Crippen LogP contribution in [0.3, 0.4) is 0 Å². The fourth-order valence-electron chi connectivity index (χ4n) is 1.26. The maximum Gasteiger partial charge on any atom is 0.0933 e. The summed E-state index contributed by atoms with van der Waals surface area (Å²) in [5.74, 6) is 0. The van der Waals surface area contributed by atoms with E-state index >= 15 is 0 Å². The minimum Gasteiger partial charge on any atom is -0.381 e. The van der Waals surface area contributed by atoms with Gasteiger partial charge in [-0.1, -0.05) is 12.8 Å². The van der Waals surface area contributed by atoms with Crippen LogP contribution in [0.5, 0.6) is 0 Å². The lowest BCUT2D eigenvalue weighted by Gasteiger charge is -2.06. The summed E-state index contributed by atoms with van der Waals surface area (Å²) in [4.78, 5) is 0. The predicted octanol–water partition coefficient (Wildman–Crippen LogP) is 0.468. The van der Waals surface area contributed by atoms with E-state index in [9.17, 15) is 0 Å². The summed E-state index contributed by atoms with van der Waals surface area (Å²) in [6, 6.07) is 0.611. The summed E-state index contributed by atoms with van der Waals surface area (Å²) in [5.41, 5.74) is 0. The zero-order valence-corrected chi connectivity index (χ0v) is 5.06. The van der Waals surface area contributed by atoms with Gasteiger partial charge in [0.25, 0.3) is 0 Å². The highest BCUT2D eigenvalue weighted by atomic mass is 16.3. The number of nitrogens with one attached hydrogen (secondary N) is 1. The smallest absolute Gasteiger partial charge is 0.0933 e. The van der Waals surface area contributed by atoms with Crippen LogP contribution in [0.4, 0.5) is 0 Å². The van der Waals surface area contributed by atoms with Crippen molar-refractivity contribution in [3.8, 4) is 0 Å². The third kappa shape index (κ3) is 1.46. The topological polar surface area (TPSA) is 32.3 Å². The van der Waals surface area contributed by atoms with Crippen LogP contribution in [0.25, 0.3) is 0 Å². The van der Waals surface area contributed by atoms with Gasteiger partial charge in [0.1, 0.15) is 0 Å². The Bertz CT molecular complexity index is 59.5. The van der Waals surface area contributed by atoms with Crippen molar-refractivity contribution in [2.75, 3.05) is 6.73 Å². The van der Waals surface area contributed by atoms with Crippen LogP contribution >= 0.6 is 0 Å². The molecule has 2 nitrogen and oxygen atoms in total. The average Bonchev–Trinajstić information content (AvgIpc) is 2.19. The minimum atomic E-state index is 0.144. The second-order valence-electron chi connectivity index (χ2n) is 2.34. The molecule has 0 aromatic carbocycles. The van der Waals surface area contributed by atoms with Crippen LogP contribution in [0, 0.1) is 0 Å². The van der Waals surface area contributed by atoms with Gasteiger partial charge in [-0.3, -0.25) is 5.32 Å². The number of hydrogen-bond acceptors (Lipinski definition) is 2. The van der Waals surface area contributed by atoms with Gasteiger partial charge in [-0.25, -0.2) is 0 Å². The Morgan fingerprint density at radius 1 is 1.38 bits per heavy atom. The van der Waals surface area contributed by atoms with Crippen LogP contribution in [0.1, 0.15) is 25.7 Å². The van der Waals surface area contributed by atoms with E-state index in [0.717, 1.165) is 0 Å². The van der Waals surface area contributed by atoms with E-state index in [4.69, 9.17) is 5.11 Å². The van der Waals surface area contributed by atoms with Crippen molar-refractivity contribution >= 4 is 0 Å². The zero-order chi connectivity index (χ0) is 5.82. The van der Waals surface area contributed by atoms with Gasteiger partial charge in [-0.05, 0) is 12.8 Å². The van der Waals surface area contributed by atoms with Gasteiger partial charge in [0.2, 0.25) is 0 Å². The second-order valence-corrected chi connectivity index (χ2v) is 2.34. The standard InChI is InChI=1S/C6H13NO/c8-5-7-6-3-1-2-4-6/h6-8H,1-5H2. The van der Waals surface area contributed by atoms with Crippen LogP contribution in [-0.4, -0.2) is 17.9 Å². The molecule has 0 heterocycles. The highest BCUT2D eigenvalue weighted by Crippen LogP contribution is 2.16. The summed E-state index contributed by atoms with van der Waals surface area (Å²) in [6.45, 7) is 0.144. The molecule has 1 saturated carbocycles.